The van der Waals surface area contributed by atoms with Crippen LogP contribution >= 0.6 is 0 Å². The van der Waals surface area contributed by atoms with Crippen LogP contribution in [0.1, 0.15) is 18.4 Å². The van der Waals surface area contributed by atoms with Gasteiger partial charge in [-0.05, 0) is 5.56 Å². The number of rotatable bonds is 2. The van der Waals surface area contributed by atoms with E-state index in [1.54, 1.807) is 0 Å². The maximum atomic E-state index is 5.84. The van der Waals surface area contributed by atoms with Gasteiger partial charge in [0.15, 0.2) is 5.79 Å². The molecule has 104 valence electrons. The van der Waals surface area contributed by atoms with Crippen molar-refractivity contribution in [2.75, 3.05) is 26.3 Å². The minimum absolute atomic E-state index is 0.0352. The fraction of sp³-hybridized carbons (Fsp3) is 0.600. The van der Waals surface area contributed by atoms with E-state index in [1.165, 1.54) is 5.56 Å². The van der Waals surface area contributed by atoms with Crippen molar-refractivity contribution >= 4 is 0 Å². The third-order valence-electron chi connectivity index (χ3n) is 3.99. The molecule has 2 aliphatic rings. The average molecular weight is 262 g/mol. The monoisotopic (exact) mass is 262 g/mol. The summed E-state index contributed by atoms with van der Waals surface area (Å²) >= 11 is 0. The van der Waals surface area contributed by atoms with E-state index in [4.69, 9.17) is 15.2 Å². The van der Waals surface area contributed by atoms with Gasteiger partial charge in [0, 0.05) is 32.5 Å². The lowest BCUT2D eigenvalue weighted by atomic mass is 10.0. The average Bonchev–Trinajstić information content (AvgIpc) is 2.46. The quantitative estimate of drug-likeness (QED) is 0.874. The molecule has 1 aromatic carbocycles. The van der Waals surface area contributed by atoms with Crippen LogP contribution in [0.15, 0.2) is 30.3 Å². The van der Waals surface area contributed by atoms with Crippen LogP contribution in [0.2, 0.25) is 0 Å². The SMILES string of the molecule is NC1COC2(CCN(Cc3ccccc3)CC2)OC1. The Labute approximate surface area is 114 Å². The van der Waals surface area contributed by atoms with Crippen LogP contribution < -0.4 is 5.73 Å². The lowest BCUT2D eigenvalue weighted by Crippen LogP contribution is -2.54. The molecule has 0 unspecified atom stereocenters. The lowest BCUT2D eigenvalue weighted by molar-refractivity contribution is -0.288. The Kier molecular flexibility index (Phi) is 3.84. The molecule has 4 heteroatoms. The molecule has 2 aliphatic heterocycles. The van der Waals surface area contributed by atoms with Crippen molar-refractivity contribution in [3.63, 3.8) is 0 Å². The number of piperidine rings is 1. The molecule has 2 heterocycles. The zero-order valence-electron chi connectivity index (χ0n) is 11.3. The summed E-state index contributed by atoms with van der Waals surface area (Å²) < 4.78 is 11.7. The van der Waals surface area contributed by atoms with E-state index >= 15 is 0 Å². The van der Waals surface area contributed by atoms with Gasteiger partial charge in [0.1, 0.15) is 0 Å². The first-order chi connectivity index (χ1) is 9.26. The zero-order valence-corrected chi connectivity index (χ0v) is 11.3. The summed E-state index contributed by atoms with van der Waals surface area (Å²) in [5.41, 5.74) is 7.16. The molecule has 0 radical (unpaired) electrons. The van der Waals surface area contributed by atoms with Gasteiger partial charge in [-0.1, -0.05) is 30.3 Å². The number of likely N-dealkylation sites (tertiary alicyclic amines) is 1. The number of benzene rings is 1. The highest BCUT2D eigenvalue weighted by molar-refractivity contribution is 5.14. The summed E-state index contributed by atoms with van der Waals surface area (Å²) in [5, 5.41) is 0. The second kappa shape index (κ2) is 5.59. The summed E-state index contributed by atoms with van der Waals surface area (Å²) in [6.07, 6.45) is 1.87. The van der Waals surface area contributed by atoms with Crippen LogP contribution in [-0.2, 0) is 16.0 Å². The highest BCUT2D eigenvalue weighted by Gasteiger charge is 2.39. The highest BCUT2D eigenvalue weighted by atomic mass is 16.7. The minimum Gasteiger partial charge on any atom is -0.348 e. The molecule has 19 heavy (non-hydrogen) atoms. The lowest BCUT2D eigenvalue weighted by Gasteiger charge is -2.44. The van der Waals surface area contributed by atoms with E-state index in [0.29, 0.717) is 13.2 Å². The summed E-state index contributed by atoms with van der Waals surface area (Å²) in [6, 6.07) is 10.6. The summed E-state index contributed by atoms with van der Waals surface area (Å²) in [6.45, 7) is 4.29. The van der Waals surface area contributed by atoms with Gasteiger partial charge in [0.05, 0.1) is 19.3 Å². The largest absolute Gasteiger partial charge is 0.348 e. The summed E-state index contributed by atoms with van der Waals surface area (Å²) in [7, 11) is 0. The van der Waals surface area contributed by atoms with Crippen molar-refractivity contribution < 1.29 is 9.47 Å². The molecule has 0 aliphatic carbocycles. The molecule has 4 nitrogen and oxygen atoms in total. The first-order valence-electron chi connectivity index (χ1n) is 7.06. The molecule has 1 spiro atoms. The van der Waals surface area contributed by atoms with Crippen molar-refractivity contribution in [3.8, 4) is 0 Å². The van der Waals surface area contributed by atoms with Gasteiger partial charge >= 0.3 is 0 Å². The van der Waals surface area contributed by atoms with Gasteiger partial charge in [-0.2, -0.15) is 0 Å². The Bertz CT molecular complexity index is 392. The molecule has 0 bridgehead atoms. The van der Waals surface area contributed by atoms with Gasteiger partial charge in [-0.25, -0.2) is 0 Å². The summed E-state index contributed by atoms with van der Waals surface area (Å²) in [4.78, 5) is 2.46. The Balaban J connectivity index is 1.52. The molecule has 2 N–H and O–H groups in total. The van der Waals surface area contributed by atoms with E-state index in [-0.39, 0.29) is 11.8 Å². The van der Waals surface area contributed by atoms with Gasteiger partial charge < -0.3 is 15.2 Å². The van der Waals surface area contributed by atoms with Gasteiger partial charge in [0.25, 0.3) is 0 Å². The normalized spacial score (nSPS) is 24.7. The van der Waals surface area contributed by atoms with Gasteiger partial charge in [0.2, 0.25) is 0 Å². The fourth-order valence-corrected chi connectivity index (χ4v) is 2.79. The van der Waals surface area contributed by atoms with Crippen LogP contribution in [-0.4, -0.2) is 43.0 Å². The zero-order chi connectivity index (χ0) is 13.1. The van der Waals surface area contributed by atoms with Gasteiger partial charge in [-0.15, -0.1) is 0 Å². The number of nitrogens with zero attached hydrogens (tertiary/aromatic N) is 1. The maximum absolute atomic E-state index is 5.84. The van der Waals surface area contributed by atoms with Crippen molar-refractivity contribution in [2.24, 2.45) is 5.73 Å². The van der Waals surface area contributed by atoms with Crippen LogP contribution in [0.4, 0.5) is 0 Å². The predicted molar refractivity (Wildman–Crippen MR) is 73.6 cm³/mol. The molecule has 2 saturated heterocycles. The molecule has 3 rings (SSSR count). The highest BCUT2D eigenvalue weighted by Crippen LogP contribution is 2.30. The Morgan fingerprint density at radius 3 is 2.37 bits per heavy atom. The first-order valence-corrected chi connectivity index (χ1v) is 7.06. The summed E-state index contributed by atoms with van der Waals surface area (Å²) in [5.74, 6) is -0.358. The van der Waals surface area contributed by atoms with Crippen LogP contribution in [0.3, 0.4) is 0 Å². The van der Waals surface area contributed by atoms with Gasteiger partial charge in [-0.3, -0.25) is 4.90 Å². The number of ether oxygens (including phenoxy) is 2. The first kappa shape index (κ1) is 13.1. The molecule has 0 amide bonds. The Morgan fingerprint density at radius 2 is 1.74 bits per heavy atom. The van der Waals surface area contributed by atoms with E-state index in [2.05, 4.69) is 35.2 Å². The minimum atomic E-state index is -0.358. The molecule has 0 atom stereocenters. The van der Waals surface area contributed by atoms with E-state index < -0.39 is 0 Å². The molecule has 0 aromatic heterocycles. The van der Waals surface area contributed by atoms with Crippen molar-refractivity contribution in [2.45, 2.75) is 31.2 Å². The van der Waals surface area contributed by atoms with Crippen molar-refractivity contribution in [3.05, 3.63) is 35.9 Å². The van der Waals surface area contributed by atoms with Crippen LogP contribution in [0.5, 0.6) is 0 Å². The standard InChI is InChI=1S/C15H22N2O2/c16-14-11-18-15(19-12-14)6-8-17(9-7-15)10-13-4-2-1-3-5-13/h1-5,14H,6-12,16H2. The third-order valence-corrected chi connectivity index (χ3v) is 3.99. The molecule has 1 aromatic rings. The third kappa shape index (κ3) is 3.15. The second-order valence-electron chi connectivity index (χ2n) is 5.55. The number of hydrogen-bond donors (Lipinski definition) is 1. The second-order valence-corrected chi connectivity index (χ2v) is 5.55. The number of nitrogens with two attached hydrogens (primary N) is 1. The smallest absolute Gasteiger partial charge is 0.170 e. The van der Waals surface area contributed by atoms with E-state index in [0.717, 1.165) is 32.5 Å². The molecular formula is C15H22N2O2. The van der Waals surface area contributed by atoms with Crippen LogP contribution in [0.25, 0.3) is 0 Å². The predicted octanol–water partition coefficient (Wildman–Crippen LogP) is 1.35. The Morgan fingerprint density at radius 1 is 1.11 bits per heavy atom. The van der Waals surface area contributed by atoms with Crippen molar-refractivity contribution in [1.82, 2.24) is 4.90 Å². The van der Waals surface area contributed by atoms with E-state index in [1.807, 2.05) is 0 Å². The molecular weight excluding hydrogens is 240 g/mol. The Hall–Kier alpha value is -0.940. The van der Waals surface area contributed by atoms with E-state index in [9.17, 15) is 0 Å². The molecule has 2 fully saturated rings. The fourth-order valence-electron chi connectivity index (χ4n) is 2.79. The topological polar surface area (TPSA) is 47.7 Å². The maximum Gasteiger partial charge on any atom is 0.170 e. The van der Waals surface area contributed by atoms with Crippen LogP contribution in [0, 0.1) is 0 Å². The van der Waals surface area contributed by atoms with Crippen molar-refractivity contribution in [1.29, 1.82) is 0 Å². The number of hydrogen-bond acceptors (Lipinski definition) is 4. The molecule has 0 saturated carbocycles.